The number of hydrogen-bond donors (Lipinski definition) is 1. The van der Waals surface area contributed by atoms with E-state index >= 15 is 0 Å². The number of carboxylic acids is 1. The SMILES string of the molecule is CCCCCCCCOC(=O)c1ccc(CCCCCCCC)cc1C(=O)O.c1coc(C2CCCCC2)c1. The van der Waals surface area contributed by atoms with Crippen molar-refractivity contribution in [2.75, 3.05) is 6.61 Å². The molecule has 5 nitrogen and oxygen atoms in total. The molecule has 0 spiro atoms. The summed E-state index contributed by atoms with van der Waals surface area (Å²) in [5.41, 5.74) is 1.18. The second kappa shape index (κ2) is 20.4. The van der Waals surface area contributed by atoms with Crippen molar-refractivity contribution in [2.45, 2.75) is 135 Å². The van der Waals surface area contributed by atoms with Crippen LogP contribution in [0.5, 0.6) is 0 Å². The van der Waals surface area contributed by atoms with E-state index in [1.165, 1.54) is 82.8 Å². The number of carbonyl (C=O) groups excluding carboxylic acids is 1. The molecule has 1 aromatic carbocycles. The van der Waals surface area contributed by atoms with Crippen LogP contribution in [0.2, 0.25) is 0 Å². The van der Waals surface area contributed by atoms with Gasteiger partial charge in [0.05, 0.1) is 24.0 Å². The van der Waals surface area contributed by atoms with Crippen LogP contribution in [-0.4, -0.2) is 23.7 Å². The summed E-state index contributed by atoms with van der Waals surface area (Å²) in [6.07, 6.45) is 23.3. The molecule has 39 heavy (non-hydrogen) atoms. The van der Waals surface area contributed by atoms with Gasteiger partial charge in [0.1, 0.15) is 5.76 Å². The minimum atomic E-state index is -1.07. The van der Waals surface area contributed by atoms with Gasteiger partial charge in [-0.15, -0.1) is 0 Å². The van der Waals surface area contributed by atoms with Crippen LogP contribution >= 0.6 is 0 Å². The Hall–Kier alpha value is -2.56. The summed E-state index contributed by atoms with van der Waals surface area (Å²) in [4.78, 5) is 23.9. The Morgan fingerprint density at radius 1 is 0.821 bits per heavy atom. The maximum Gasteiger partial charge on any atom is 0.339 e. The molecule has 1 saturated carbocycles. The van der Waals surface area contributed by atoms with Crippen LogP contribution in [0.15, 0.2) is 41.0 Å². The average molecular weight is 541 g/mol. The molecule has 0 atom stereocenters. The summed E-state index contributed by atoms with van der Waals surface area (Å²) in [7, 11) is 0. The minimum absolute atomic E-state index is 0.0522. The lowest BCUT2D eigenvalue weighted by atomic mass is 9.88. The number of unbranched alkanes of at least 4 members (excludes halogenated alkanes) is 10. The molecule has 3 rings (SSSR count). The third-order valence-corrected chi connectivity index (χ3v) is 7.64. The van der Waals surface area contributed by atoms with E-state index in [9.17, 15) is 14.7 Å². The van der Waals surface area contributed by atoms with Crippen molar-refractivity contribution in [3.63, 3.8) is 0 Å². The number of ether oxygens (including phenoxy) is 1. The zero-order chi connectivity index (χ0) is 28.1. The van der Waals surface area contributed by atoms with Gasteiger partial charge in [-0.2, -0.15) is 0 Å². The van der Waals surface area contributed by atoms with Gasteiger partial charge in [-0.05, 0) is 61.9 Å². The number of furan rings is 1. The molecule has 1 aliphatic carbocycles. The van der Waals surface area contributed by atoms with Crippen molar-refractivity contribution in [2.24, 2.45) is 0 Å². The summed E-state index contributed by atoms with van der Waals surface area (Å²) >= 11 is 0. The minimum Gasteiger partial charge on any atom is -0.478 e. The maximum atomic E-state index is 12.3. The number of carboxylic acid groups (broad SMARTS) is 1. The number of benzene rings is 1. The first-order chi connectivity index (χ1) is 19.1. The molecule has 5 heteroatoms. The summed E-state index contributed by atoms with van der Waals surface area (Å²) in [6, 6.07) is 9.20. The van der Waals surface area contributed by atoms with Gasteiger partial charge in [-0.1, -0.05) is 103 Å². The van der Waals surface area contributed by atoms with Gasteiger partial charge in [-0.25, -0.2) is 9.59 Å². The third-order valence-electron chi connectivity index (χ3n) is 7.64. The highest BCUT2D eigenvalue weighted by Crippen LogP contribution is 2.32. The standard InChI is InChI=1S/C24H38O4.C10H14O/c1-3-5-7-9-11-13-15-20-16-17-21(22(19-20)23(25)26)24(27)28-18-14-12-10-8-6-4-2;1-2-5-9(6-3-1)10-7-4-8-11-10/h16-17,19H,3-15,18H2,1-2H3,(H,25,26);4,7-9H,1-3,5-6H2. The topological polar surface area (TPSA) is 76.7 Å². The highest BCUT2D eigenvalue weighted by molar-refractivity contribution is 6.02. The Morgan fingerprint density at radius 3 is 2.08 bits per heavy atom. The van der Waals surface area contributed by atoms with Crippen LogP contribution in [0.3, 0.4) is 0 Å². The van der Waals surface area contributed by atoms with E-state index in [0.717, 1.165) is 50.0 Å². The molecule has 0 radical (unpaired) electrons. The monoisotopic (exact) mass is 540 g/mol. The molecule has 1 fully saturated rings. The van der Waals surface area contributed by atoms with Crippen molar-refractivity contribution in [3.05, 3.63) is 59.0 Å². The number of aromatic carboxylic acids is 1. The van der Waals surface area contributed by atoms with Crippen molar-refractivity contribution < 1.29 is 23.8 Å². The molecule has 0 saturated heterocycles. The van der Waals surface area contributed by atoms with E-state index in [1.807, 2.05) is 12.1 Å². The van der Waals surface area contributed by atoms with Crippen molar-refractivity contribution in [1.82, 2.24) is 0 Å². The van der Waals surface area contributed by atoms with E-state index in [2.05, 4.69) is 19.9 Å². The van der Waals surface area contributed by atoms with Crippen LogP contribution in [0.25, 0.3) is 0 Å². The molecule has 0 amide bonds. The maximum absolute atomic E-state index is 12.3. The Bertz CT molecular complexity index is 912. The van der Waals surface area contributed by atoms with Gasteiger partial charge in [0.25, 0.3) is 0 Å². The molecule has 1 aliphatic rings. The Labute approximate surface area is 236 Å². The number of carbonyl (C=O) groups is 2. The number of aryl methyl sites for hydroxylation is 1. The molecule has 1 heterocycles. The van der Waals surface area contributed by atoms with Crippen LogP contribution in [-0.2, 0) is 11.2 Å². The fraction of sp³-hybridized carbons (Fsp3) is 0.647. The second-order valence-corrected chi connectivity index (χ2v) is 11.0. The molecular formula is C34H52O5. The van der Waals surface area contributed by atoms with E-state index in [0.29, 0.717) is 6.61 Å². The third kappa shape index (κ3) is 13.4. The molecule has 2 aromatic rings. The van der Waals surface area contributed by atoms with E-state index in [-0.39, 0.29) is 11.1 Å². The normalized spacial score (nSPS) is 13.5. The van der Waals surface area contributed by atoms with E-state index in [4.69, 9.17) is 9.15 Å². The zero-order valence-corrected chi connectivity index (χ0v) is 24.6. The lowest BCUT2D eigenvalue weighted by molar-refractivity contribution is 0.0487. The first-order valence-corrected chi connectivity index (χ1v) is 15.6. The molecule has 0 unspecified atom stereocenters. The predicted molar refractivity (Wildman–Crippen MR) is 159 cm³/mol. The summed E-state index contributed by atoms with van der Waals surface area (Å²) in [5.74, 6) is 0.317. The van der Waals surface area contributed by atoms with Gasteiger partial charge < -0.3 is 14.3 Å². The van der Waals surface area contributed by atoms with Gasteiger partial charge >= 0.3 is 11.9 Å². The molecule has 1 N–H and O–H groups in total. The largest absolute Gasteiger partial charge is 0.478 e. The molecule has 0 aliphatic heterocycles. The van der Waals surface area contributed by atoms with Gasteiger partial charge in [-0.3, -0.25) is 0 Å². The Kier molecular flexibility index (Phi) is 17.0. The van der Waals surface area contributed by atoms with E-state index in [1.54, 1.807) is 18.4 Å². The first kappa shape index (κ1) is 32.7. The highest BCUT2D eigenvalue weighted by Gasteiger charge is 2.19. The fourth-order valence-electron chi connectivity index (χ4n) is 5.25. The van der Waals surface area contributed by atoms with Crippen molar-refractivity contribution in [1.29, 1.82) is 0 Å². The average Bonchev–Trinajstić information content (AvgIpc) is 3.50. The van der Waals surface area contributed by atoms with Crippen LogP contribution in [0, 0.1) is 0 Å². The van der Waals surface area contributed by atoms with Gasteiger partial charge in [0.2, 0.25) is 0 Å². The predicted octanol–water partition coefficient (Wildman–Crippen LogP) is 10.1. The summed E-state index contributed by atoms with van der Waals surface area (Å²) in [6.45, 7) is 4.73. The van der Waals surface area contributed by atoms with E-state index < -0.39 is 11.9 Å². The first-order valence-electron chi connectivity index (χ1n) is 15.6. The molecule has 0 bridgehead atoms. The number of hydrogen-bond acceptors (Lipinski definition) is 4. The van der Waals surface area contributed by atoms with Crippen molar-refractivity contribution >= 4 is 11.9 Å². The molecule has 218 valence electrons. The summed E-state index contributed by atoms with van der Waals surface area (Å²) < 4.78 is 10.7. The number of esters is 1. The van der Waals surface area contributed by atoms with Crippen LogP contribution in [0.4, 0.5) is 0 Å². The number of rotatable bonds is 17. The quantitative estimate of drug-likeness (QED) is 0.159. The lowest BCUT2D eigenvalue weighted by Gasteiger charge is -2.18. The highest BCUT2D eigenvalue weighted by atomic mass is 16.5. The smallest absolute Gasteiger partial charge is 0.339 e. The summed E-state index contributed by atoms with van der Waals surface area (Å²) in [5, 5.41) is 9.49. The van der Waals surface area contributed by atoms with Crippen LogP contribution in [0.1, 0.15) is 161 Å². The fourth-order valence-corrected chi connectivity index (χ4v) is 5.25. The van der Waals surface area contributed by atoms with Gasteiger partial charge in [0.15, 0.2) is 0 Å². The molecular weight excluding hydrogens is 488 g/mol. The van der Waals surface area contributed by atoms with Crippen LogP contribution < -0.4 is 0 Å². The van der Waals surface area contributed by atoms with Gasteiger partial charge in [0, 0.05) is 5.92 Å². The second-order valence-electron chi connectivity index (χ2n) is 11.0. The lowest BCUT2D eigenvalue weighted by Crippen LogP contribution is -2.13. The molecule has 1 aromatic heterocycles. The Balaban J connectivity index is 0.000000397. The zero-order valence-electron chi connectivity index (χ0n) is 24.6. The Morgan fingerprint density at radius 2 is 1.46 bits per heavy atom. The van der Waals surface area contributed by atoms with Crippen molar-refractivity contribution in [3.8, 4) is 0 Å².